The molecule has 0 saturated carbocycles. The molecule has 3 aromatic rings. The number of aromatic nitrogens is 2. The summed E-state index contributed by atoms with van der Waals surface area (Å²) in [6, 6.07) is 18.4. The van der Waals surface area contributed by atoms with E-state index in [2.05, 4.69) is 15.5 Å². The van der Waals surface area contributed by atoms with Gasteiger partial charge in [0, 0.05) is 24.7 Å². The summed E-state index contributed by atoms with van der Waals surface area (Å²) in [6.45, 7) is 0.899. The van der Waals surface area contributed by atoms with Gasteiger partial charge in [-0.15, -0.1) is 10.2 Å². The zero-order valence-corrected chi connectivity index (χ0v) is 17.9. The van der Waals surface area contributed by atoms with E-state index in [1.54, 1.807) is 4.31 Å². The third-order valence-corrected chi connectivity index (χ3v) is 7.99. The predicted molar refractivity (Wildman–Crippen MR) is 117 cm³/mol. The second kappa shape index (κ2) is 9.03. The molecule has 1 saturated heterocycles. The van der Waals surface area contributed by atoms with Crippen molar-refractivity contribution >= 4 is 33.0 Å². The molecule has 0 unspecified atom stereocenters. The van der Waals surface area contributed by atoms with Gasteiger partial charge in [-0.05, 0) is 30.5 Å². The first-order valence-corrected chi connectivity index (χ1v) is 12.2. The topological polar surface area (TPSA) is 92.3 Å². The standard InChI is InChI=1S/C21H22N4O3S2/c26-19(22-18-9-5-2-6-10-18)21-24-23-20(29-21)17-11-13-25(14-12-17)30(27,28)15-16-7-3-1-4-8-16/h1-10,17H,11-15H2,(H,22,26). The van der Waals surface area contributed by atoms with Crippen molar-refractivity contribution in [3.8, 4) is 0 Å². The van der Waals surface area contributed by atoms with E-state index in [0.717, 1.165) is 10.6 Å². The van der Waals surface area contributed by atoms with Crippen LogP contribution in [0.5, 0.6) is 0 Å². The summed E-state index contributed by atoms with van der Waals surface area (Å²) in [7, 11) is -3.35. The maximum atomic E-state index is 12.7. The van der Waals surface area contributed by atoms with Crippen molar-refractivity contribution in [2.45, 2.75) is 24.5 Å². The number of hydrogen-bond acceptors (Lipinski definition) is 6. The highest BCUT2D eigenvalue weighted by Crippen LogP contribution is 2.31. The minimum atomic E-state index is -3.35. The van der Waals surface area contributed by atoms with Crippen LogP contribution in [0, 0.1) is 0 Å². The Bertz CT molecular complexity index is 1090. The van der Waals surface area contributed by atoms with Gasteiger partial charge in [-0.1, -0.05) is 59.9 Å². The summed E-state index contributed by atoms with van der Waals surface area (Å²) >= 11 is 1.28. The number of para-hydroxylation sites is 1. The van der Waals surface area contributed by atoms with Crippen molar-refractivity contribution in [2.24, 2.45) is 0 Å². The first-order chi connectivity index (χ1) is 14.5. The second-order valence-corrected chi connectivity index (χ2v) is 10.2. The normalized spacial score (nSPS) is 15.7. The van der Waals surface area contributed by atoms with Crippen molar-refractivity contribution in [3.63, 3.8) is 0 Å². The molecule has 2 aromatic carbocycles. The van der Waals surface area contributed by atoms with Crippen molar-refractivity contribution < 1.29 is 13.2 Å². The lowest BCUT2D eigenvalue weighted by Gasteiger charge is -2.30. The highest BCUT2D eigenvalue weighted by atomic mass is 32.2. The number of hydrogen-bond donors (Lipinski definition) is 1. The molecule has 0 spiro atoms. The lowest BCUT2D eigenvalue weighted by atomic mass is 9.99. The van der Waals surface area contributed by atoms with Gasteiger partial charge in [0.1, 0.15) is 5.01 Å². The Morgan fingerprint density at radius 1 is 1.00 bits per heavy atom. The molecule has 30 heavy (non-hydrogen) atoms. The van der Waals surface area contributed by atoms with Crippen molar-refractivity contribution in [1.82, 2.24) is 14.5 Å². The van der Waals surface area contributed by atoms with E-state index in [9.17, 15) is 13.2 Å². The molecule has 7 nitrogen and oxygen atoms in total. The van der Waals surface area contributed by atoms with Gasteiger partial charge in [0.2, 0.25) is 15.0 Å². The molecule has 1 aliphatic rings. The van der Waals surface area contributed by atoms with Gasteiger partial charge in [-0.3, -0.25) is 4.79 Å². The van der Waals surface area contributed by atoms with E-state index in [4.69, 9.17) is 0 Å². The van der Waals surface area contributed by atoms with Crippen LogP contribution in [-0.2, 0) is 15.8 Å². The molecular weight excluding hydrogens is 420 g/mol. The zero-order chi connectivity index (χ0) is 21.0. The SMILES string of the molecule is O=C(Nc1ccccc1)c1nnc(C2CCN(S(=O)(=O)Cc3ccccc3)CC2)s1. The molecule has 2 heterocycles. The second-order valence-electron chi connectivity index (χ2n) is 7.18. The molecule has 1 amide bonds. The fraction of sp³-hybridized carbons (Fsp3) is 0.286. The van der Waals surface area contributed by atoms with E-state index in [0.29, 0.717) is 36.6 Å². The summed E-state index contributed by atoms with van der Waals surface area (Å²) in [5.41, 5.74) is 1.49. The highest BCUT2D eigenvalue weighted by molar-refractivity contribution is 7.88. The summed E-state index contributed by atoms with van der Waals surface area (Å²) < 4.78 is 27.0. The molecule has 0 aliphatic carbocycles. The Hall–Kier alpha value is -2.62. The zero-order valence-electron chi connectivity index (χ0n) is 16.3. The van der Waals surface area contributed by atoms with Crippen LogP contribution in [0.15, 0.2) is 60.7 Å². The summed E-state index contributed by atoms with van der Waals surface area (Å²) in [4.78, 5) is 12.4. The average molecular weight is 443 g/mol. The number of piperidine rings is 1. The number of carbonyl (C=O) groups excluding carboxylic acids is 1. The number of sulfonamides is 1. The Labute approximate surface area is 179 Å². The van der Waals surface area contributed by atoms with E-state index in [1.807, 2.05) is 60.7 Å². The summed E-state index contributed by atoms with van der Waals surface area (Å²) in [6.07, 6.45) is 1.34. The Morgan fingerprint density at radius 2 is 1.63 bits per heavy atom. The van der Waals surface area contributed by atoms with Gasteiger partial charge in [0.15, 0.2) is 0 Å². The number of carbonyl (C=O) groups is 1. The third kappa shape index (κ3) is 4.92. The number of anilines is 1. The summed E-state index contributed by atoms with van der Waals surface area (Å²) in [5.74, 6) is -0.155. The number of nitrogens with zero attached hydrogens (tertiary/aromatic N) is 3. The molecule has 4 rings (SSSR count). The minimum Gasteiger partial charge on any atom is -0.320 e. The smallest absolute Gasteiger partial charge is 0.286 e. The summed E-state index contributed by atoms with van der Waals surface area (Å²) in [5, 5.41) is 12.1. The van der Waals surface area contributed by atoms with Crippen molar-refractivity contribution in [3.05, 3.63) is 76.2 Å². The van der Waals surface area contributed by atoms with Crippen molar-refractivity contribution in [1.29, 1.82) is 0 Å². The monoisotopic (exact) mass is 442 g/mol. The Kier molecular flexibility index (Phi) is 6.21. The van der Waals surface area contributed by atoms with Gasteiger partial charge in [-0.25, -0.2) is 12.7 Å². The molecule has 0 bridgehead atoms. The van der Waals surface area contributed by atoms with Crippen LogP contribution >= 0.6 is 11.3 Å². The highest BCUT2D eigenvalue weighted by Gasteiger charge is 2.30. The van der Waals surface area contributed by atoms with Crippen LogP contribution in [-0.4, -0.2) is 41.9 Å². The van der Waals surface area contributed by atoms with E-state index in [-0.39, 0.29) is 17.6 Å². The molecule has 1 aromatic heterocycles. The molecule has 156 valence electrons. The number of benzene rings is 2. The Morgan fingerprint density at radius 3 is 2.30 bits per heavy atom. The van der Waals surface area contributed by atoms with Crippen molar-refractivity contribution in [2.75, 3.05) is 18.4 Å². The van der Waals surface area contributed by atoms with Crippen LogP contribution in [0.1, 0.15) is 39.1 Å². The van der Waals surface area contributed by atoms with E-state index in [1.165, 1.54) is 11.3 Å². The molecular formula is C21H22N4O3S2. The molecule has 0 atom stereocenters. The number of amides is 1. The van der Waals surface area contributed by atoms with Crippen LogP contribution < -0.4 is 5.32 Å². The third-order valence-electron chi connectivity index (χ3n) is 5.05. The Balaban J connectivity index is 1.35. The first kappa shape index (κ1) is 20.6. The van der Waals surface area contributed by atoms with Gasteiger partial charge in [0.25, 0.3) is 5.91 Å². The van der Waals surface area contributed by atoms with E-state index >= 15 is 0 Å². The molecule has 1 aliphatic heterocycles. The van der Waals surface area contributed by atoms with Crippen LogP contribution in [0.3, 0.4) is 0 Å². The molecule has 1 N–H and O–H groups in total. The lowest BCUT2D eigenvalue weighted by molar-refractivity contribution is 0.102. The average Bonchev–Trinajstić information content (AvgIpc) is 3.26. The molecule has 1 fully saturated rings. The molecule has 0 radical (unpaired) electrons. The van der Waals surface area contributed by atoms with Gasteiger partial charge >= 0.3 is 0 Å². The predicted octanol–water partition coefficient (Wildman–Crippen LogP) is 3.50. The van der Waals surface area contributed by atoms with E-state index < -0.39 is 10.0 Å². The van der Waals surface area contributed by atoms with Crippen LogP contribution in [0.4, 0.5) is 5.69 Å². The van der Waals surface area contributed by atoms with Crippen LogP contribution in [0.2, 0.25) is 0 Å². The number of nitrogens with one attached hydrogen (secondary N) is 1. The van der Waals surface area contributed by atoms with Gasteiger partial charge < -0.3 is 5.32 Å². The fourth-order valence-corrected chi connectivity index (χ4v) is 5.93. The minimum absolute atomic E-state index is 0.0150. The fourth-order valence-electron chi connectivity index (χ4n) is 3.45. The lowest BCUT2D eigenvalue weighted by Crippen LogP contribution is -2.38. The largest absolute Gasteiger partial charge is 0.320 e. The quantitative estimate of drug-likeness (QED) is 0.631. The maximum absolute atomic E-state index is 12.7. The number of rotatable bonds is 6. The molecule has 9 heteroatoms. The van der Waals surface area contributed by atoms with Gasteiger partial charge in [0.05, 0.1) is 5.75 Å². The maximum Gasteiger partial charge on any atom is 0.286 e. The first-order valence-electron chi connectivity index (χ1n) is 9.73. The van der Waals surface area contributed by atoms with Gasteiger partial charge in [-0.2, -0.15) is 0 Å². The van der Waals surface area contributed by atoms with Crippen LogP contribution in [0.25, 0.3) is 0 Å².